The van der Waals surface area contributed by atoms with Crippen LogP contribution in [0.3, 0.4) is 0 Å². The third kappa shape index (κ3) is 3.53. The summed E-state index contributed by atoms with van der Waals surface area (Å²) < 4.78 is 10.6. The summed E-state index contributed by atoms with van der Waals surface area (Å²) in [6.07, 6.45) is 0. The highest BCUT2D eigenvalue weighted by Gasteiger charge is 2.11. The number of hydrogen-bond donors (Lipinski definition) is 2. The van der Waals surface area contributed by atoms with Crippen LogP contribution >= 0.6 is 0 Å². The number of para-hydroxylation sites is 2. The van der Waals surface area contributed by atoms with Gasteiger partial charge in [-0.3, -0.25) is 10.9 Å². The van der Waals surface area contributed by atoms with Crippen molar-refractivity contribution in [2.45, 2.75) is 0 Å². The van der Waals surface area contributed by atoms with Crippen molar-refractivity contribution in [2.24, 2.45) is 0 Å². The summed E-state index contributed by atoms with van der Waals surface area (Å²) in [6.45, 7) is 0. The van der Waals surface area contributed by atoms with Crippen LogP contribution in [0.15, 0.2) is 72.8 Å². The van der Waals surface area contributed by atoms with Gasteiger partial charge in [-0.15, -0.1) is 0 Å². The van der Waals surface area contributed by atoms with Gasteiger partial charge in [-0.25, -0.2) is 9.97 Å². The first-order chi connectivity index (χ1) is 13.8. The minimum Gasteiger partial charge on any atom is -0.493 e. The number of anilines is 2. The number of nitrogens with one attached hydrogen (secondary N) is 2. The summed E-state index contributed by atoms with van der Waals surface area (Å²) in [6, 6.07) is 23.4. The second-order valence-electron chi connectivity index (χ2n) is 6.10. The topological polar surface area (TPSA) is 68.3 Å². The van der Waals surface area contributed by atoms with Crippen molar-refractivity contribution >= 4 is 22.5 Å². The lowest BCUT2D eigenvalue weighted by atomic mass is 10.1. The summed E-state index contributed by atoms with van der Waals surface area (Å²) in [5.74, 6) is 1.95. The number of hydrazine groups is 1. The van der Waals surface area contributed by atoms with E-state index in [0.29, 0.717) is 17.3 Å². The molecular formula is C22H20N4O2. The molecule has 4 rings (SSSR count). The fourth-order valence-electron chi connectivity index (χ4n) is 2.93. The van der Waals surface area contributed by atoms with Gasteiger partial charge < -0.3 is 9.47 Å². The van der Waals surface area contributed by atoms with Gasteiger partial charge in [-0.1, -0.05) is 42.5 Å². The zero-order valence-corrected chi connectivity index (χ0v) is 15.6. The maximum absolute atomic E-state index is 5.36. The number of ether oxygens (including phenoxy) is 2. The zero-order valence-electron chi connectivity index (χ0n) is 15.6. The second kappa shape index (κ2) is 7.84. The molecule has 0 saturated carbocycles. The third-order valence-electron chi connectivity index (χ3n) is 4.33. The Morgan fingerprint density at radius 2 is 1.36 bits per heavy atom. The van der Waals surface area contributed by atoms with Crippen molar-refractivity contribution in [3.63, 3.8) is 0 Å². The lowest BCUT2D eigenvalue weighted by molar-refractivity contribution is 0.355. The molecule has 3 aromatic carbocycles. The first-order valence-corrected chi connectivity index (χ1v) is 8.85. The van der Waals surface area contributed by atoms with Crippen LogP contribution in [-0.4, -0.2) is 24.2 Å². The molecule has 2 N–H and O–H groups in total. The molecule has 0 radical (unpaired) electrons. The first-order valence-electron chi connectivity index (χ1n) is 8.85. The molecule has 28 heavy (non-hydrogen) atoms. The average molecular weight is 372 g/mol. The monoisotopic (exact) mass is 372 g/mol. The van der Waals surface area contributed by atoms with E-state index in [0.717, 1.165) is 28.0 Å². The van der Waals surface area contributed by atoms with Crippen LogP contribution < -0.4 is 20.3 Å². The molecule has 6 heteroatoms. The van der Waals surface area contributed by atoms with Crippen molar-refractivity contribution in [1.82, 2.24) is 9.97 Å². The van der Waals surface area contributed by atoms with Gasteiger partial charge in [0.05, 0.1) is 30.9 Å². The van der Waals surface area contributed by atoms with E-state index in [9.17, 15) is 0 Å². The van der Waals surface area contributed by atoms with Crippen molar-refractivity contribution < 1.29 is 9.47 Å². The number of fused-ring (bicyclic) bond motifs is 1. The van der Waals surface area contributed by atoms with Gasteiger partial charge in [0.25, 0.3) is 0 Å². The molecule has 0 saturated heterocycles. The Labute approximate surface area is 163 Å². The van der Waals surface area contributed by atoms with Gasteiger partial charge in [0.15, 0.2) is 17.3 Å². The fourth-order valence-corrected chi connectivity index (χ4v) is 2.93. The number of hydrogen-bond acceptors (Lipinski definition) is 6. The number of methoxy groups -OCH3 is 2. The van der Waals surface area contributed by atoms with Crippen molar-refractivity contribution in [3.8, 4) is 22.8 Å². The van der Waals surface area contributed by atoms with E-state index in [1.54, 1.807) is 14.2 Å². The molecule has 0 aliphatic heterocycles. The predicted molar refractivity (Wildman–Crippen MR) is 112 cm³/mol. The number of nitrogens with zero attached hydrogens (tertiary/aromatic N) is 2. The van der Waals surface area contributed by atoms with Gasteiger partial charge in [0, 0.05) is 11.6 Å². The molecular weight excluding hydrogens is 352 g/mol. The molecule has 0 fully saturated rings. The molecule has 4 aromatic rings. The van der Waals surface area contributed by atoms with Crippen LogP contribution in [0.4, 0.5) is 11.5 Å². The molecule has 0 amide bonds. The second-order valence-corrected chi connectivity index (χ2v) is 6.10. The minimum atomic E-state index is 0.639. The van der Waals surface area contributed by atoms with E-state index in [1.165, 1.54) is 0 Å². The fraction of sp³-hybridized carbons (Fsp3) is 0.0909. The average Bonchev–Trinajstić information content (AvgIpc) is 2.77. The zero-order chi connectivity index (χ0) is 19.3. The van der Waals surface area contributed by atoms with Crippen molar-refractivity contribution in [3.05, 3.63) is 72.8 Å². The Hall–Kier alpha value is -3.80. The van der Waals surface area contributed by atoms with Crippen molar-refractivity contribution in [2.75, 3.05) is 25.1 Å². The van der Waals surface area contributed by atoms with E-state index < -0.39 is 0 Å². The molecule has 1 aromatic heterocycles. The van der Waals surface area contributed by atoms with E-state index >= 15 is 0 Å². The van der Waals surface area contributed by atoms with E-state index in [4.69, 9.17) is 19.4 Å². The lowest BCUT2D eigenvalue weighted by Crippen LogP contribution is -2.12. The molecule has 140 valence electrons. The van der Waals surface area contributed by atoms with Gasteiger partial charge in [0.1, 0.15) is 5.69 Å². The van der Waals surface area contributed by atoms with Crippen molar-refractivity contribution in [1.29, 1.82) is 0 Å². The van der Waals surface area contributed by atoms with Crippen LogP contribution in [0.5, 0.6) is 11.5 Å². The van der Waals surface area contributed by atoms with E-state index in [-0.39, 0.29) is 0 Å². The summed E-state index contributed by atoms with van der Waals surface area (Å²) >= 11 is 0. The Morgan fingerprint density at radius 1 is 0.679 bits per heavy atom. The number of benzene rings is 3. The van der Waals surface area contributed by atoms with Crippen LogP contribution in [0, 0.1) is 0 Å². The highest BCUT2D eigenvalue weighted by atomic mass is 16.5. The lowest BCUT2D eigenvalue weighted by Gasteiger charge is -2.15. The summed E-state index contributed by atoms with van der Waals surface area (Å²) in [5.41, 5.74) is 10.6. The molecule has 6 nitrogen and oxygen atoms in total. The van der Waals surface area contributed by atoms with E-state index in [1.807, 2.05) is 72.8 Å². The Bertz CT molecular complexity index is 1100. The SMILES string of the molecule is COc1ccc(NNc2nc3ccccc3nc2-c2ccccc2)cc1OC. The van der Waals surface area contributed by atoms with Crippen LogP contribution in [0.25, 0.3) is 22.3 Å². The minimum absolute atomic E-state index is 0.639. The van der Waals surface area contributed by atoms with Crippen LogP contribution in [0.1, 0.15) is 0 Å². The molecule has 0 bridgehead atoms. The first kappa shape index (κ1) is 17.6. The van der Waals surface area contributed by atoms with Gasteiger partial charge in [0.2, 0.25) is 0 Å². The summed E-state index contributed by atoms with van der Waals surface area (Å²) in [4.78, 5) is 9.56. The Kier molecular flexibility index (Phi) is 4.93. The molecule has 0 aliphatic carbocycles. The largest absolute Gasteiger partial charge is 0.493 e. The predicted octanol–water partition coefficient (Wildman–Crippen LogP) is 4.75. The quantitative estimate of drug-likeness (QED) is 0.476. The van der Waals surface area contributed by atoms with Gasteiger partial charge in [-0.2, -0.15) is 0 Å². The Balaban J connectivity index is 1.69. The maximum atomic E-state index is 5.36. The maximum Gasteiger partial charge on any atom is 0.171 e. The molecule has 0 aliphatic rings. The molecule has 0 atom stereocenters. The van der Waals surface area contributed by atoms with Crippen LogP contribution in [-0.2, 0) is 0 Å². The molecule has 1 heterocycles. The summed E-state index contributed by atoms with van der Waals surface area (Å²) in [7, 11) is 3.22. The van der Waals surface area contributed by atoms with E-state index in [2.05, 4.69) is 10.9 Å². The standard InChI is InChI=1S/C22H20N4O2/c1-27-19-13-12-16(14-20(19)28-2)25-26-22-21(15-8-4-3-5-9-15)23-17-10-6-7-11-18(17)24-22/h3-14,25H,1-2H3,(H,24,26). The normalized spacial score (nSPS) is 10.5. The van der Waals surface area contributed by atoms with Crippen LogP contribution in [0.2, 0.25) is 0 Å². The Morgan fingerprint density at radius 3 is 2.07 bits per heavy atom. The van der Waals surface area contributed by atoms with Gasteiger partial charge >= 0.3 is 0 Å². The van der Waals surface area contributed by atoms with Gasteiger partial charge in [-0.05, 0) is 24.3 Å². The number of rotatable bonds is 6. The third-order valence-corrected chi connectivity index (χ3v) is 4.33. The molecule has 0 spiro atoms. The summed E-state index contributed by atoms with van der Waals surface area (Å²) in [5, 5.41) is 0. The highest BCUT2D eigenvalue weighted by molar-refractivity contribution is 5.83. The molecule has 0 unspecified atom stereocenters. The smallest absolute Gasteiger partial charge is 0.171 e. The highest BCUT2D eigenvalue weighted by Crippen LogP contribution is 2.31. The number of aromatic nitrogens is 2.